The van der Waals surface area contributed by atoms with E-state index in [1.807, 2.05) is 18.2 Å². The van der Waals surface area contributed by atoms with E-state index in [0.717, 1.165) is 44.8 Å². The summed E-state index contributed by atoms with van der Waals surface area (Å²) in [5.41, 5.74) is 11.4. The Bertz CT molecular complexity index is 1530. The molecule has 1 aromatic carbocycles. The van der Waals surface area contributed by atoms with E-state index in [4.69, 9.17) is 9.97 Å². The third-order valence-corrected chi connectivity index (χ3v) is 5.67. The van der Waals surface area contributed by atoms with Crippen molar-refractivity contribution >= 4 is 46.4 Å². The molecule has 0 spiro atoms. The molecule has 0 fully saturated rings. The number of aryl methyl sites for hydroxylation is 1. The van der Waals surface area contributed by atoms with Crippen LogP contribution in [0.15, 0.2) is 66.7 Å². The van der Waals surface area contributed by atoms with Crippen molar-refractivity contribution in [2.45, 2.75) is 6.92 Å². The van der Waals surface area contributed by atoms with Gasteiger partial charge in [0, 0.05) is 27.6 Å². The van der Waals surface area contributed by atoms with E-state index in [1.165, 1.54) is 16.7 Å². The summed E-state index contributed by atoms with van der Waals surface area (Å²) in [5.74, 6) is 0. The Kier molecular flexibility index (Phi) is 3.96. The Balaban J connectivity index is 1.72. The standard InChI is InChI=1S/C27H20N4/c1-17-25-15-23-11-9-21(29-23)13-19-7-8-20(28-19)14-22-10-12-24(30-22)16-26(31-25)27(17)18-5-3-2-4-6-18/h2-16,28,31H,1H3. The van der Waals surface area contributed by atoms with E-state index in [-0.39, 0.29) is 0 Å². The van der Waals surface area contributed by atoms with Gasteiger partial charge in [0.1, 0.15) is 0 Å². The smallest absolute Gasteiger partial charge is 0.0658 e. The second kappa shape index (κ2) is 6.96. The van der Waals surface area contributed by atoms with Gasteiger partial charge in [-0.1, -0.05) is 30.3 Å². The van der Waals surface area contributed by atoms with Crippen LogP contribution in [0, 0.1) is 6.92 Å². The molecule has 0 unspecified atom stereocenters. The summed E-state index contributed by atoms with van der Waals surface area (Å²) in [6.07, 6.45) is 8.20. The molecule has 0 saturated heterocycles. The van der Waals surface area contributed by atoms with Gasteiger partial charge in [-0.25, -0.2) is 9.97 Å². The van der Waals surface area contributed by atoms with Gasteiger partial charge in [0.05, 0.1) is 22.8 Å². The van der Waals surface area contributed by atoms with Gasteiger partial charge in [0.25, 0.3) is 0 Å². The van der Waals surface area contributed by atoms with E-state index in [1.54, 1.807) is 0 Å². The van der Waals surface area contributed by atoms with E-state index >= 15 is 0 Å². The zero-order chi connectivity index (χ0) is 20.8. The fourth-order valence-electron chi connectivity index (χ4n) is 4.19. The first-order valence-corrected chi connectivity index (χ1v) is 10.3. The van der Waals surface area contributed by atoms with Crippen molar-refractivity contribution in [2.75, 3.05) is 0 Å². The quantitative estimate of drug-likeness (QED) is 0.325. The monoisotopic (exact) mass is 400 g/mol. The van der Waals surface area contributed by atoms with Gasteiger partial charge in [0.15, 0.2) is 0 Å². The van der Waals surface area contributed by atoms with Crippen molar-refractivity contribution in [1.29, 1.82) is 0 Å². The lowest BCUT2D eigenvalue weighted by molar-refractivity contribution is 1.31. The molecule has 2 N–H and O–H groups in total. The second-order valence-electron chi connectivity index (χ2n) is 7.85. The highest BCUT2D eigenvalue weighted by atomic mass is 14.8. The fraction of sp³-hybridized carbons (Fsp3) is 0.0370. The Morgan fingerprint density at radius 1 is 0.581 bits per heavy atom. The van der Waals surface area contributed by atoms with Crippen molar-refractivity contribution in [1.82, 2.24) is 19.9 Å². The molecule has 31 heavy (non-hydrogen) atoms. The van der Waals surface area contributed by atoms with E-state index in [2.05, 4.69) is 89.7 Å². The number of H-pyrrole nitrogens is 2. The molecule has 0 radical (unpaired) electrons. The minimum Gasteiger partial charge on any atom is -0.355 e. The van der Waals surface area contributed by atoms with Crippen LogP contribution in [0.25, 0.3) is 57.5 Å². The molecule has 4 aromatic rings. The SMILES string of the molecule is Cc1c(-c2ccccc2)c2cc3nc(cc4ccc(cc5nc(cc1[nH]2)C=C5)[nH]4)C=C3. The average molecular weight is 400 g/mol. The minimum atomic E-state index is 0.926. The first kappa shape index (κ1) is 17.7. The highest BCUT2D eigenvalue weighted by molar-refractivity contribution is 5.91. The van der Waals surface area contributed by atoms with Crippen LogP contribution >= 0.6 is 0 Å². The van der Waals surface area contributed by atoms with Gasteiger partial charge in [-0.3, -0.25) is 0 Å². The summed E-state index contributed by atoms with van der Waals surface area (Å²) in [4.78, 5) is 16.6. The van der Waals surface area contributed by atoms with E-state index in [9.17, 15) is 0 Å². The molecule has 148 valence electrons. The van der Waals surface area contributed by atoms with Crippen LogP contribution in [0.3, 0.4) is 0 Å². The third-order valence-electron chi connectivity index (χ3n) is 5.67. The van der Waals surface area contributed by atoms with Gasteiger partial charge in [-0.05, 0) is 78.8 Å². The van der Waals surface area contributed by atoms with Crippen LogP contribution in [-0.2, 0) is 0 Å². The van der Waals surface area contributed by atoms with Crippen molar-refractivity contribution < 1.29 is 0 Å². The first-order chi connectivity index (χ1) is 15.2. The van der Waals surface area contributed by atoms with Gasteiger partial charge < -0.3 is 9.97 Å². The summed E-state index contributed by atoms with van der Waals surface area (Å²) >= 11 is 0. The van der Waals surface area contributed by atoms with Gasteiger partial charge in [-0.15, -0.1) is 0 Å². The molecule has 3 aromatic heterocycles. The largest absolute Gasteiger partial charge is 0.355 e. The van der Waals surface area contributed by atoms with Gasteiger partial charge in [-0.2, -0.15) is 0 Å². The number of nitrogens with zero attached hydrogens (tertiary/aromatic N) is 2. The molecule has 2 aliphatic rings. The lowest BCUT2D eigenvalue weighted by Crippen LogP contribution is -1.79. The molecule has 0 atom stereocenters. The van der Waals surface area contributed by atoms with Crippen LogP contribution in [-0.4, -0.2) is 19.9 Å². The lowest BCUT2D eigenvalue weighted by Gasteiger charge is -2.01. The molecule has 4 nitrogen and oxygen atoms in total. The Morgan fingerprint density at radius 2 is 1.13 bits per heavy atom. The van der Waals surface area contributed by atoms with Crippen LogP contribution in [0.4, 0.5) is 0 Å². The highest BCUT2D eigenvalue weighted by Crippen LogP contribution is 2.32. The number of aromatic amines is 2. The zero-order valence-electron chi connectivity index (χ0n) is 17.1. The zero-order valence-corrected chi connectivity index (χ0v) is 17.1. The Labute approximate surface area is 179 Å². The number of aromatic nitrogens is 4. The highest BCUT2D eigenvalue weighted by Gasteiger charge is 2.11. The van der Waals surface area contributed by atoms with Crippen molar-refractivity contribution in [3.05, 3.63) is 95.1 Å². The molecule has 0 saturated carbocycles. The number of benzene rings is 1. The maximum Gasteiger partial charge on any atom is 0.0658 e. The van der Waals surface area contributed by atoms with Crippen molar-refractivity contribution in [2.24, 2.45) is 0 Å². The van der Waals surface area contributed by atoms with E-state index < -0.39 is 0 Å². The summed E-state index contributed by atoms with van der Waals surface area (Å²) in [5, 5.41) is 0. The predicted octanol–water partition coefficient (Wildman–Crippen LogP) is 6.63. The van der Waals surface area contributed by atoms with Crippen molar-refractivity contribution in [3.63, 3.8) is 0 Å². The maximum absolute atomic E-state index is 4.80. The number of rotatable bonds is 1. The predicted molar refractivity (Wildman–Crippen MR) is 129 cm³/mol. The van der Waals surface area contributed by atoms with Gasteiger partial charge in [0.2, 0.25) is 0 Å². The fourth-order valence-corrected chi connectivity index (χ4v) is 4.19. The van der Waals surface area contributed by atoms with Crippen LogP contribution in [0.2, 0.25) is 0 Å². The van der Waals surface area contributed by atoms with Crippen LogP contribution < -0.4 is 0 Å². The number of hydrogen-bond donors (Lipinski definition) is 2. The Hall–Kier alpha value is -4.18. The number of nitrogens with one attached hydrogen (secondary N) is 2. The summed E-state index contributed by atoms with van der Waals surface area (Å²) < 4.78 is 0. The summed E-state index contributed by atoms with van der Waals surface area (Å²) in [7, 11) is 0. The van der Waals surface area contributed by atoms with Crippen molar-refractivity contribution in [3.8, 4) is 11.1 Å². The molecule has 6 rings (SSSR count). The number of fused-ring (bicyclic) bond motifs is 8. The average Bonchev–Trinajstić information content (AvgIpc) is 3.55. The molecular weight excluding hydrogens is 380 g/mol. The first-order valence-electron chi connectivity index (χ1n) is 10.3. The molecule has 2 aliphatic heterocycles. The molecule has 8 bridgehead atoms. The molecular formula is C27H20N4. The summed E-state index contributed by atoms with van der Waals surface area (Å²) in [6.45, 7) is 2.16. The topological polar surface area (TPSA) is 57.4 Å². The second-order valence-corrected chi connectivity index (χ2v) is 7.85. The normalized spacial score (nSPS) is 12.4. The van der Waals surface area contributed by atoms with Crippen LogP contribution in [0.1, 0.15) is 28.3 Å². The number of hydrogen-bond acceptors (Lipinski definition) is 2. The molecule has 0 amide bonds. The lowest BCUT2D eigenvalue weighted by atomic mass is 10.0. The molecule has 0 aliphatic carbocycles. The molecule has 5 heterocycles. The van der Waals surface area contributed by atoms with Crippen LogP contribution in [0.5, 0.6) is 0 Å². The Morgan fingerprint density at radius 3 is 1.74 bits per heavy atom. The summed E-state index contributed by atoms with van der Waals surface area (Å²) in [6, 6.07) is 22.9. The minimum absolute atomic E-state index is 0.926. The van der Waals surface area contributed by atoms with E-state index in [0.29, 0.717) is 0 Å². The van der Waals surface area contributed by atoms with Gasteiger partial charge >= 0.3 is 0 Å². The molecule has 4 heteroatoms. The third kappa shape index (κ3) is 3.28. The maximum atomic E-state index is 4.80.